The third-order valence-corrected chi connectivity index (χ3v) is 5.57. The van der Waals surface area contributed by atoms with Crippen molar-refractivity contribution < 1.29 is 9.59 Å². The first-order valence-corrected chi connectivity index (χ1v) is 10.6. The van der Waals surface area contributed by atoms with E-state index < -0.39 is 0 Å². The highest BCUT2D eigenvalue weighted by Gasteiger charge is 2.21. The molecule has 0 saturated carbocycles. The molecule has 35 heavy (non-hydrogen) atoms. The van der Waals surface area contributed by atoms with Crippen molar-refractivity contribution >= 4 is 34.5 Å². The summed E-state index contributed by atoms with van der Waals surface area (Å²) < 4.78 is 1.80. The van der Waals surface area contributed by atoms with Gasteiger partial charge in [-0.1, -0.05) is 0 Å². The van der Waals surface area contributed by atoms with Crippen molar-refractivity contribution in [1.29, 1.82) is 5.26 Å². The second-order valence-corrected chi connectivity index (χ2v) is 7.80. The van der Waals surface area contributed by atoms with Crippen molar-refractivity contribution in [2.24, 2.45) is 0 Å². The van der Waals surface area contributed by atoms with Gasteiger partial charge in [-0.25, -0.2) is 9.97 Å². The predicted molar refractivity (Wildman–Crippen MR) is 129 cm³/mol. The lowest BCUT2D eigenvalue weighted by Gasteiger charge is -2.11. The van der Waals surface area contributed by atoms with Crippen LogP contribution in [0.2, 0.25) is 0 Å². The van der Waals surface area contributed by atoms with Crippen LogP contribution in [0, 0.1) is 18.3 Å². The van der Waals surface area contributed by atoms with Gasteiger partial charge in [-0.05, 0) is 56.3 Å². The van der Waals surface area contributed by atoms with Crippen molar-refractivity contribution in [2.75, 3.05) is 5.32 Å². The number of aldehydes is 1. The molecule has 0 fully saturated rings. The number of aromatic amines is 1. The van der Waals surface area contributed by atoms with E-state index in [9.17, 15) is 14.9 Å². The van der Waals surface area contributed by atoms with E-state index in [4.69, 9.17) is 4.98 Å². The molecule has 0 atom stereocenters. The SMILES string of the molecule is CC(=O)c1ccc(-n2cnc3cc(Nc4cccnc4C=O)ccc32)nc1-c1c(C#N)n[nH]c1C. The van der Waals surface area contributed by atoms with E-state index in [0.717, 1.165) is 11.2 Å². The first kappa shape index (κ1) is 21.7. The fourth-order valence-electron chi connectivity index (χ4n) is 3.90. The van der Waals surface area contributed by atoms with Gasteiger partial charge in [0.2, 0.25) is 0 Å². The van der Waals surface area contributed by atoms with Crippen LogP contribution in [0.25, 0.3) is 28.1 Å². The molecule has 0 amide bonds. The average Bonchev–Trinajstić information content (AvgIpc) is 3.46. The number of pyridine rings is 2. The number of fused-ring (bicyclic) bond motifs is 1. The summed E-state index contributed by atoms with van der Waals surface area (Å²) >= 11 is 0. The molecule has 4 aromatic heterocycles. The molecular weight excluding hydrogens is 444 g/mol. The number of nitrogens with one attached hydrogen (secondary N) is 2. The van der Waals surface area contributed by atoms with Gasteiger partial charge in [0, 0.05) is 23.1 Å². The Kier molecular flexibility index (Phi) is 5.35. The van der Waals surface area contributed by atoms with E-state index in [1.165, 1.54) is 6.92 Å². The van der Waals surface area contributed by atoms with Gasteiger partial charge in [0.05, 0.1) is 28.0 Å². The van der Waals surface area contributed by atoms with Crippen LogP contribution in [0.5, 0.6) is 0 Å². The van der Waals surface area contributed by atoms with E-state index in [1.807, 2.05) is 18.2 Å². The number of anilines is 2. The smallest absolute Gasteiger partial charge is 0.171 e. The van der Waals surface area contributed by atoms with Gasteiger partial charge in [-0.3, -0.25) is 24.2 Å². The summed E-state index contributed by atoms with van der Waals surface area (Å²) in [5, 5.41) is 19.5. The molecule has 0 aliphatic carbocycles. The maximum Gasteiger partial charge on any atom is 0.171 e. The molecule has 5 rings (SSSR count). The predicted octanol–water partition coefficient (Wildman–Crippen LogP) is 4.14. The van der Waals surface area contributed by atoms with E-state index >= 15 is 0 Å². The van der Waals surface area contributed by atoms with Crippen molar-refractivity contribution in [1.82, 2.24) is 29.7 Å². The van der Waals surface area contributed by atoms with Gasteiger partial charge < -0.3 is 5.32 Å². The molecule has 0 aliphatic rings. The summed E-state index contributed by atoms with van der Waals surface area (Å²) in [6.45, 7) is 3.24. The van der Waals surface area contributed by atoms with Crippen LogP contribution >= 0.6 is 0 Å². The van der Waals surface area contributed by atoms with E-state index in [-0.39, 0.29) is 11.5 Å². The van der Waals surface area contributed by atoms with Gasteiger partial charge >= 0.3 is 0 Å². The number of aryl methyl sites for hydroxylation is 1. The lowest BCUT2D eigenvalue weighted by Crippen LogP contribution is -2.04. The Morgan fingerprint density at radius 1 is 1.20 bits per heavy atom. The van der Waals surface area contributed by atoms with Crippen LogP contribution in [0.1, 0.15) is 39.2 Å². The molecule has 0 bridgehead atoms. The number of hydrogen-bond donors (Lipinski definition) is 2. The summed E-state index contributed by atoms with van der Waals surface area (Å²) in [6.07, 6.45) is 3.90. The Balaban J connectivity index is 1.58. The summed E-state index contributed by atoms with van der Waals surface area (Å²) in [7, 11) is 0. The lowest BCUT2D eigenvalue weighted by molar-refractivity contribution is 0.101. The third kappa shape index (κ3) is 3.81. The Bertz CT molecular complexity index is 1660. The Morgan fingerprint density at radius 3 is 2.83 bits per heavy atom. The summed E-state index contributed by atoms with van der Waals surface area (Å²) in [4.78, 5) is 36.9. The van der Waals surface area contributed by atoms with Gasteiger partial charge in [-0.15, -0.1) is 0 Å². The topological polar surface area (TPSA) is 142 Å². The number of carbonyl (C=O) groups is 2. The Labute approximate surface area is 199 Å². The molecule has 2 N–H and O–H groups in total. The standard InChI is InChI=1S/C25H18N8O2/c1-14-24(20(11-26)32-31-14)25-17(15(2)35)6-8-23(30-25)33-13-28-19-10-16(5-7-22(19)33)29-18-4-3-9-27-21(18)12-34/h3-10,12-13,29H,1-2H3,(H,31,32). The number of rotatable bonds is 6. The molecule has 10 heteroatoms. The van der Waals surface area contributed by atoms with Crippen LogP contribution in [0.15, 0.2) is 55.0 Å². The molecule has 4 heterocycles. The quantitative estimate of drug-likeness (QED) is 0.283. The minimum absolute atomic E-state index is 0.167. The number of Topliss-reactive ketones (excluding diaryl/α,β-unsaturated/α-hetero) is 1. The summed E-state index contributed by atoms with van der Waals surface area (Å²) in [5.41, 5.74) is 5.23. The molecule has 5 aromatic rings. The van der Waals surface area contributed by atoms with Crippen LogP contribution < -0.4 is 5.32 Å². The molecule has 0 radical (unpaired) electrons. The van der Waals surface area contributed by atoms with Crippen LogP contribution in [0.3, 0.4) is 0 Å². The molecule has 10 nitrogen and oxygen atoms in total. The highest BCUT2D eigenvalue weighted by atomic mass is 16.1. The number of nitriles is 1. The number of H-pyrrole nitrogens is 1. The second-order valence-electron chi connectivity index (χ2n) is 7.80. The molecule has 0 aliphatic heterocycles. The Morgan fingerprint density at radius 2 is 2.06 bits per heavy atom. The number of imidazole rings is 1. The largest absolute Gasteiger partial charge is 0.354 e. The Hall–Kier alpha value is -5.17. The van der Waals surface area contributed by atoms with Crippen molar-refractivity contribution in [3.63, 3.8) is 0 Å². The number of aromatic nitrogens is 6. The maximum atomic E-state index is 12.3. The highest BCUT2D eigenvalue weighted by Crippen LogP contribution is 2.30. The van der Waals surface area contributed by atoms with Crippen molar-refractivity contribution in [3.8, 4) is 23.1 Å². The first-order valence-electron chi connectivity index (χ1n) is 10.6. The van der Waals surface area contributed by atoms with Crippen LogP contribution in [-0.2, 0) is 0 Å². The molecule has 0 unspecified atom stereocenters. The van der Waals surface area contributed by atoms with Gasteiger partial charge in [0.15, 0.2) is 17.8 Å². The number of benzene rings is 1. The lowest BCUT2D eigenvalue weighted by atomic mass is 10.0. The molecule has 0 spiro atoms. The first-order chi connectivity index (χ1) is 17.0. The molecular formula is C25H18N8O2. The summed E-state index contributed by atoms with van der Waals surface area (Å²) in [6, 6.07) is 14.6. The number of ketones is 1. The molecule has 170 valence electrons. The van der Waals surface area contributed by atoms with Crippen LogP contribution in [0.4, 0.5) is 11.4 Å². The third-order valence-electron chi connectivity index (χ3n) is 5.57. The normalized spacial score (nSPS) is 10.8. The highest BCUT2D eigenvalue weighted by molar-refractivity contribution is 6.00. The van der Waals surface area contributed by atoms with Gasteiger partial charge in [0.25, 0.3) is 0 Å². The maximum absolute atomic E-state index is 12.3. The molecule has 0 saturated heterocycles. The van der Waals surface area contributed by atoms with Crippen molar-refractivity contribution in [2.45, 2.75) is 13.8 Å². The van der Waals surface area contributed by atoms with E-state index in [0.29, 0.717) is 51.5 Å². The second kappa shape index (κ2) is 8.64. The number of nitrogens with zero attached hydrogens (tertiary/aromatic N) is 6. The monoisotopic (exact) mass is 462 g/mol. The fourth-order valence-corrected chi connectivity index (χ4v) is 3.90. The zero-order valence-corrected chi connectivity index (χ0v) is 18.8. The number of carbonyl (C=O) groups excluding carboxylic acids is 2. The summed E-state index contributed by atoms with van der Waals surface area (Å²) in [5.74, 6) is 0.369. The molecule has 1 aromatic carbocycles. The van der Waals surface area contributed by atoms with Crippen LogP contribution in [-0.4, -0.2) is 41.8 Å². The van der Waals surface area contributed by atoms with Crippen molar-refractivity contribution in [3.05, 3.63) is 77.6 Å². The zero-order chi connectivity index (χ0) is 24.5. The fraction of sp³-hybridized carbons (Fsp3) is 0.0800. The zero-order valence-electron chi connectivity index (χ0n) is 18.8. The minimum Gasteiger partial charge on any atom is -0.354 e. The number of hydrogen-bond acceptors (Lipinski definition) is 8. The van der Waals surface area contributed by atoms with E-state index in [2.05, 4.69) is 31.6 Å². The average molecular weight is 462 g/mol. The van der Waals surface area contributed by atoms with Gasteiger partial charge in [0.1, 0.15) is 23.9 Å². The minimum atomic E-state index is -0.167. The van der Waals surface area contributed by atoms with Gasteiger partial charge in [-0.2, -0.15) is 10.4 Å². The van der Waals surface area contributed by atoms with E-state index in [1.54, 1.807) is 48.3 Å².